The molecule has 0 aromatic rings. The fourth-order valence-electron chi connectivity index (χ4n) is 2.32. The fraction of sp³-hybridized carbons (Fsp3) is 0.833. The first kappa shape index (κ1) is 22.2. The summed E-state index contributed by atoms with van der Waals surface area (Å²) in [7, 11) is 0. The molecule has 0 spiro atoms. The number of likely N-dealkylation sites (tertiary alicyclic amines) is 1. The third kappa shape index (κ3) is 9.14. The van der Waals surface area contributed by atoms with Gasteiger partial charge in [0.15, 0.2) is 5.78 Å². The Labute approximate surface area is 145 Å². The molecule has 1 unspecified atom stereocenters. The first-order chi connectivity index (χ1) is 11.0. The van der Waals surface area contributed by atoms with Gasteiger partial charge in [-0.2, -0.15) is 11.8 Å². The molecule has 0 aromatic carbocycles. The van der Waals surface area contributed by atoms with Crippen molar-refractivity contribution in [2.75, 3.05) is 12.8 Å². The van der Waals surface area contributed by atoms with E-state index < -0.39 is 0 Å². The van der Waals surface area contributed by atoms with Crippen molar-refractivity contribution >= 4 is 29.4 Å². The fourth-order valence-corrected chi connectivity index (χ4v) is 2.96. The van der Waals surface area contributed by atoms with Crippen molar-refractivity contribution in [1.29, 1.82) is 0 Å². The molecule has 134 valence electrons. The van der Waals surface area contributed by atoms with Gasteiger partial charge in [-0.05, 0) is 6.26 Å². The molecule has 1 fully saturated rings. The van der Waals surface area contributed by atoms with Crippen molar-refractivity contribution in [2.24, 2.45) is 0 Å². The zero-order valence-corrected chi connectivity index (χ0v) is 16.0. The van der Waals surface area contributed by atoms with E-state index in [0.29, 0.717) is 6.42 Å². The van der Waals surface area contributed by atoms with Crippen LogP contribution in [0, 0.1) is 0 Å². The monoisotopic (exact) mass is 343 g/mol. The second-order valence-electron chi connectivity index (χ2n) is 5.91. The Morgan fingerprint density at radius 1 is 1.04 bits per heavy atom. The number of Topliss-reactive ketones (excluding diaryl/α,β-unsaturated/α-hetero) is 1. The molecule has 0 radical (unpaired) electrons. The molecule has 0 aliphatic carbocycles. The summed E-state index contributed by atoms with van der Waals surface area (Å²) in [6.45, 7) is 6.20. The highest BCUT2D eigenvalue weighted by Gasteiger charge is 2.38. The molecule has 5 heteroatoms. The topological polar surface area (TPSA) is 54.5 Å². The lowest BCUT2D eigenvalue weighted by Gasteiger charge is -2.12. The van der Waals surface area contributed by atoms with Gasteiger partial charge in [0.1, 0.15) is 0 Å². The number of carbonyl (C=O) groups is 3. The third-order valence-corrected chi connectivity index (χ3v) is 4.86. The number of rotatable bonds is 10. The lowest BCUT2D eigenvalue weighted by molar-refractivity contribution is -0.141. The standard InChI is InChI=1S/C9H13NO3S.C9H20/c1-3-6(11)5-10-8(12)4-7(14-2)9(10)13;1-3-5-7-9-8-6-4-2/h7H,3-5H2,1-2H3;3-9H2,1-2H3. The number of ketones is 1. The highest BCUT2D eigenvalue weighted by atomic mass is 32.2. The first-order valence-electron chi connectivity index (χ1n) is 8.90. The molecule has 1 saturated heterocycles. The number of hydrogen-bond donors (Lipinski definition) is 0. The Morgan fingerprint density at radius 2 is 1.57 bits per heavy atom. The van der Waals surface area contributed by atoms with Crippen molar-refractivity contribution < 1.29 is 14.4 Å². The van der Waals surface area contributed by atoms with Gasteiger partial charge >= 0.3 is 0 Å². The summed E-state index contributed by atoms with van der Waals surface area (Å²) in [6, 6.07) is 0. The van der Waals surface area contributed by atoms with E-state index in [1.807, 2.05) is 0 Å². The predicted molar refractivity (Wildman–Crippen MR) is 97.6 cm³/mol. The molecule has 1 heterocycles. The van der Waals surface area contributed by atoms with Gasteiger partial charge < -0.3 is 0 Å². The molecule has 0 N–H and O–H groups in total. The molecule has 1 atom stereocenters. The molecule has 0 saturated carbocycles. The summed E-state index contributed by atoms with van der Waals surface area (Å²) < 4.78 is 0. The van der Waals surface area contributed by atoms with E-state index in [4.69, 9.17) is 0 Å². The lowest BCUT2D eigenvalue weighted by Crippen LogP contribution is -2.35. The third-order valence-electron chi connectivity index (χ3n) is 3.92. The lowest BCUT2D eigenvalue weighted by atomic mass is 10.1. The maximum atomic E-state index is 11.5. The Kier molecular flexibility index (Phi) is 13.1. The van der Waals surface area contributed by atoms with E-state index >= 15 is 0 Å². The zero-order chi connectivity index (χ0) is 17.7. The van der Waals surface area contributed by atoms with E-state index in [1.54, 1.807) is 13.2 Å². The quantitative estimate of drug-likeness (QED) is 0.440. The van der Waals surface area contributed by atoms with E-state index in [1.165, 1.54) is 56.7 Å². The van der Waals surface area contributed by atoms with Gasteiger partial charge in [-0.15, -0.1) is 0 Å². The first-order valence-corrected chi connectivity index (χ1v) is 10.2. The van der Waals surface area contributed by atoms with E-state index in [0.717, 1.165) is 4.90 Å². The molecule has 23 heavy (non-hydrogen) atoms. The van der Waals surface area contributed by atoms with Crippen LogP contribution in [-0.4, -0.2) is 40.5 Å². The second-order valence-corrected chi connectivity index (χ2v) is 6.95. The van der Waals surface area contributed by atoms with Crippen LogP contribution >= 0.6 is 11.8 Å². The molecule has 0 aromatic heterocycles. The largest absolute Gasteiger partial charge is 0.298 e. The normalized spacial score (nSPS) is 17.2. The van der Waals surface area contributed by atoms with Crippen LogP contribution in [-0.2, 0) is 14.4 Å². The minimum Gasteiger partial charge on any atom is -0.298 e. The summed E-state index contributed by atoms with van der Waals surface area (Å²) >= 11 is 1.36. The van der Waals surface area contributed by atoms with Crippen LogP contribution in [0.4, 0.5) is 0 Å². The smallest absolute Gasteiger partial charge is 0.243 e. The minimum atomic E-state index is -0.285. The predicted octanol–water partition coefficient (Wildman–Crippen LogP) is 4.21. The number of hydrogen-bond acceptors (Lipinski definition) is 4. The highest BCUT2D eigenvalue weighted by molar-refractivity contribution is 8.00. The maximum Gasteiger partial charge on any atom is 0.243 e. The number of imide groups is 1. The molecule has 1 rings (SSSR count). The van der Waals surface area contributed by atoms with Gasteiger partial charge in [0.05, 0.1) is 11.8 Å². The summed E-state index contributed by atoms with van der Waals surface area (Å²) in [6.07, 6.45) is 12.4. The Balaban J connectivity index is 0.000000468. The maximum absolute atomic E-state index is 11.5. The molecule has 0 bridgehead atoms. The molecule has 1 aliphatic rings. The SMILES string of the molecule is CCC(=O)CN1C(=O)CC(SC)C1=O.CCCCCCCCC. The molecule has 1 aliphatic heterocycles. The van der Waals surface area contributed by atoms with Crippen LogP contribution < -0.4 is 0 Å². The number of nitrogens with zero attached hydrogens (tertiary/aromatic N) is 1. The molecular weight excluding hydrogens is 310 g/mol. The van der Waals surface area contributed by atoms with Crippen molar-refractivity contribution in [3.63, 3.8) is 0 Å². The van der Waals surface area contributed by atoms with Gasteiger partial charge in [0.2, 0.25) is 11.8 Å². The Bertz CT molecular complexity index is 365. The van der Waals surface area contributed by atoms with Gasteiger partial charge in [0, 0.05) is 12.8 Å². The molecular formula is C18H33NO3S. The van der Waals surface area contributed by atoms with Gasteiger partial charge in [0.25, 0.3) is 0 Å². The number of unbranched alkanes of at least 4 members (excludes halogenated alkanes) is 6. The summed E-state index contributed by atoms with van der Waals surface area (Å²) in [5.41, 5.74) is 0. The average molecular weight is 344 g/mol. The number of amides is 2. The van der Waals surface area contributed by atoms with Gasteiger partial charge in [-0.3, -0.25) is 19.3 Å². The molecule has 4 nitrogen and oxygen atoms in total. The number of carbonyl (C=O) groups excluding carboxylic acids is 3. The van der Waals surface area contributed by atoms with Crippen molar-refractivity contribution in [1.82, 2.24) is 4.90 Å². The van der Waals surface area contributed by atoms with Gasteiger partial charge in [-0.1, -0.05) is 65.7 Å². The van der Waals surface area contributed by atoms with Crippen LogP contribution in [0.5, 0.6) is 0 Å². The van der Waals surface area contributed by atoms with Crippen LogP contribution in [0.15, 0.2) is 0 Å². The summed E-state index contributed by atoms with van der Waals surface area (Å²) in [5, 5.41) is -0.285. The van der Waals surface area contributed by atoms with E-state index in [2.05, 4.69) is 13.8 Å². The van der Waals surface area contributed by atoms with E-state index in [9.17, 15) is 14.4 Å². The van der Waals surface area contributed by atoms with Crippen LogP contribution in [0.25, 0.3) is 0 Å². The van der Waals surface area contributed by atoms with Gasteiger partial charge in [-0.25, -0.2) is 0 Å². The van der Waals surface area contributed by atoms with Crippen molar-refractivity contribution in [2.45, 2.75) is 83.8 Å². The molecule has 2 amide bonds. The Morgan fingerprint density at radius 3 is 1.96 bits per heavy atom. The number of thioether (sulfide) groups is 1. The minimum absolute atomic E-state index is 0.0504. The van der Waals surface area contributed by atoms with Crippen LogP contribution in [0.1, 0.15) is 78.6 Å². The average Bonchev–Trinajstić information content (AvgIpc) is 2.82. The Hall–Kier alpha value is -0.840. The second kappa shape index (κ2) is 13.6. The van der Waals surface area contributed by atoms with Crippen molar-refractivity contribution in [3.8, 4) is 0 Å². The summed E-state index contributed by atoms with van der Waals surface area (Å²) in [5.74, 6) is -0.520. The summed E-state index contributed by atoms with van der Waals surface area (Å²) in [4.78, 5) is 35.1. The van der Waals surface area contributed by atoms with Crippen LogP contribution in [0.3, 0.4) is 0 Å². The van der Waals surface area contributed by atoms with E-state index in [-0.39, 0.29) is 35.8 Å². The van der Waals surface area contributed by atoms with Crippen LogP contribution in [0.2, 0.25) is 0 Å². The zero-order valence-electron chi connectivity index (χ0n) is 15.2. The highest BCUT2D eigenvalue weighted by Crippen LogP contribution is 2.22. The van der Waals surface area contributed by atoms with Crippen molar-refractivity contribution in [3.05, 3.63) is 0 Å².